The Kier molecular flexibility index (Phi) is 18.0. The standard InChI is InChI=1S/C41H48N2.BrH.Na.2O3S/c1-7-9-15-28-42-34-26-24-30-18-11-13-20-32(30)38(34)40(3,4)36(42)22-17-23-37-41(5,6)39-33-21-14-12-19-31(33)25-27-35(39)43(37)29-16-10-8-2;;;2*1-4(2)3/h11-14,17-27H,1,7-10,15-16,28-29H2,2-6H3;1H;;;/q;;+1;;/p-1. The van der Waals surface area contributed by atoms with Crippen LogP contribution in [0.1, 0.15) is 84.3 Å². The molecule has 4 aromatic carbocycles. The first-order chi connectivity index (χ1) is 24.3. The van der Waals surface area contributed by atoms with E-state index in [9.17, 15) is 0 Å². The molecule has 0 bridgehead atoms. The van der Waals surface area contributed by atoms with E-state index in [0.29, 0.717) is 0 Å². The van der Waals surface area contributed by atoms with Crippen LogP contribution in [0, 0.1) is 6.92 Å². The number of halogens is 1. The van der Waals surface area contributed by atoms with Gasteiger partial charge in [-0.15, -0.1) is 25.3 Å². The monoisotopic (exact) mass is 830 g/mol. The van der Waals surface area contributed by atoms with Crippen LogP contribution in [0.15, 0.2) is 96.7 Å². The molecule has 0 radical (unpaired) electrons. The molecular weight excluding hydrogens is 783 g/mol. The number of hydrogen-bond donors (Lipinski definition) is 0. The second kappa shape index (κ2) is 20.7. The minimum atomic E-state index is -3.11. The fourth-order valence-corrected chi connectivity index (χ4v) is 7.75. The molecule has 0 atom stereocenters. The molecule has 0 spiro atoms. The molecule has 4 aromatic rings. The molecule has 0 unspecified atom stereocenters. The van der Waals surface area contributed by atoms with Crippen molar-refractivity contribution in [3.63, 3.8) is 0 Å². The van der Waals surface area contributed by atoms with Crippen molar-refractivity contribution in [2.45, 2.75) is 84.0 Å². The van der Waals surface area contributed by atoms with E-state index in [-0.39, 0.29) is 57.4 Å². The number of nitrogens with zero attached hydrogens (tertiary/aromatic N) is 2. The van der Waals surface area contributed by atoms with Crippen molar-refractivity contribution in [1.29, 1.82) is 0 Å². The summed E-state index contributed by atoms with van der Waals surface area (Å²) in [6.45, 7) is 18.1. The molecule has 8 nitrogen and oxygen atoms in total. The van der Waals surface area contributed by atoms with Crippen molar-refractivity contribution in [3.8, 4) is 0 Å². The second-order valence-electron chi connectivity index (χ2n) is 13.9. The third-order valence-corrected chi connectivity index (χ3v) is 9.88. The Morgan fingerprint density at radius 1 is 0.717 bits per heavy atom. The van der Waals surface area contributed by atoms with Crippen LogP contribution < -0.4 is 51.4 Å². The van der Waals surface area contributed by atoms with Gasteiger partial charge >= 0.3 is 50.8 Å². The van der Waals surface area contributed by atoms with E-state index in [1.807, 2.05) is 0 Å². The van der Waals surface area contributed by atoms with Crippen LogP contribution in [0.25, 0.3) is 21.5 Å². The third-order valence-electron chi connectivity index (χ3n) is 9.88. The molecule has 278 valence electrons. The van der Waals surface area contributed by atoms with Gasteiger partial charge < -0.3 is 28.8 Å². The molecule has 0 aliphatic carbocycles. The van der Waals surface area contributed by atoms with Gasteiger partial charge in [-0.3, -0.25) is 0 Å². The summed E-state index contributed by atoms with van der Waals surface area (Å²) in [6, 6.07) is 27.1. The van der Waals surface area contributed by atoms with Gasteiger partial charge in [-0.1, -0.05) is 101 Å². The predicted octanol–water partition coefficient (Wildman–Crippen LogP) is 2.80. The molecule has 2 heterocycles. The van der Waals surface area contributed by atoms with E-state index in [1.165, 1.54) is 74.7 Å². The molecule has 0 aromatic heterocycles. The molecule has 0 saturated heterocycles. The van der Waals surface area contributed by atoms with Gasteiger partial charge in [-0.2, -0.15) is 11.0 Å². The van der Waals surface area contributed by atoms with E-state index in [0.717, 1.165) is 32.4 Å². The number of allylic oxidation sites excluding steroid dienone is 4. The normalized spacial score (nSPS) is 15.5. The molecule has 0 fully saturated rings. The fourth-order valence-electron chi connectivity index (χ4n) is 7.75. The van der Waals surface area contributed by atoms with E-state index in [1.54, 1.807) is 0 Å². The number of anilines is 1. The van der Waals surface area contributed by atoms with Gasteiger partial charge in [0.25, 0.3) is 0 Å². The zero-order valence-electron chi connectivity index (χ0n) is 31.6. The van der Waals surface area contributed by atoms with Crippen molar-refractivity contribution in [3.05, 3.63) is 115 Å². The summed E-state index contributed by atoms with van der Waals surface area (Å²) < 4.78 is 53.3. The van der Waals surface area contributed by atoms with Crippen LogP contribution >= 0.6 is 0 Å². The first-order valence-corrected chi connectivity index (χ1v) is 19.5. The molecule has 2 aliphatic heterocycles. The molecule has 12 heteroatoms. The summed E-state index contributed by atoms with van der Waals surface area (Å²) in [5.74, 6) is 0. The number of rotatable bonds is 10. The molecule has 0 amide bonds. The fraction of sp³-hybridized carbons (Fsp3) is 0.366. The Morgan fingerprint density at radius 3 is 1.83 bits per heavy atom. The molecule has 53 heavy (non-hydrogen) atoms. The Morgan fingerprint density at radius 2 is 1.26 bits per heavy atom. The van der Waals surface area contributed by atoms with Crippen molar-refractivity contribution in [1.82, 2.24) is 0 Å². The number of unbranched alkanes of at least 4 members (excludes halogenated alkanes) is 4. The molecule has 6 rings (SSSR count). The van der Waals surface area contributed by atoms with E-state index >= 15 is 0 Å². The minimum absolute atomic E-state index is 0. The smallest absolute Gasteiger partial charge is 1.00 e. The van der Waals surface area contributed by atoms with Crippen LogP contribution in [0.2, 0.25) is 0 Å². The summed E-state index contributed by atoms with van der Waals surface area (Å²) in [5, 5.41) is 5.39. The van der Waals surface area contributed by atoms with E-state index < -0.39 is 21.2 Å². The van der Waals surface area contributed by atoms with Crippen LogP contribution in [-0.4, -0.2) is 48.6 Å². The maximum atomic E-state index is 8.44. The summed E-state index contributed by atoms with van der Waals surface area (Å²) in [4.78, 5) is 2.61. The van der Waals surface area contributed by atoms with Gasteiger partial charge in [0.05, 0.1) is 5.41 Å². The van der Waals surface area contributed by atoms with Crippen molar-refractivity contribution < 1.29 is 76.4 Å². The second-order valence-corrected chi connectivity index (χ2v) is 14.7. The van der Waals surface area contributed by atoms with Gasteiger partial charge in [-0.05, 0) is 65.6 Å². The van der Waals surface area contributed by atoms with Crippen molar-refractivity contribution >= 4 is 59.8 Å². The average molecular weight is 832 g/mol. The van der Waals surface area contributed by atoms with E-state index in [4.69, 9.17) is 25.3 Å². The van der Waals surface area contributed by atoms with Gasteiger partial charge in [0.2, 0.25) is 5.69 Å². The first-order valence-electron chi connectivity index (χ1n) is 17.5. The minimum Gasteiger partial charge on any atom is -1.00 e. The third kappa shape index (κ3) is 10.6. The zero-order valence-corrected chi connectivity index (χ0v) is 36.8. The average Bonchev–Trinajstić information content (AvgIpc) is 3.43. The summed E-state index contributed by atoms with van der Waals surface area (Å²) >= 11 is 0. The number of fused-ring (bicyclic) bond motifs is 6. The largest absolute Gasteiger partial charge is 1.00 e. The summed E-state index contributed by atoms with van der Waals surface area (Å²) in [5.41, 5.74) is 8.25. The van der Waals surface area contributed by atoms with Crippen LogP contribution in [0.5, 0.6) is 0 Å². The quantitative estimate of drug-likeness (QED) is 0.105. The molecule has 2 aliphatic rings. The van der Waals surface area contributed by atoms with Crippen LogP contribution in [0.3, 0.4) is 0 Å². The van der Waals surface area contributed by atoms with Crippen molar-refractivity contribution in [2.24, 2.45) is 0 Å². The van der Waals surface area contributed by atoms with Crippen LogP contribution in [0.4, 0.5) is 11.4 Å². The summed E-state index contributed by atoms with van der Waals surface area (Å²) in [7, 11) is -6.22. The SMILES string of the molecule is O=S(=O)=O.O=S(=O)=O.[Br-].[CH2-]CCCC[N+]1=C(/C=C/C=C2\N(CCCCC)c3ccc4ccccc4c3C2(C)C)C(C)(C)c2c1ccc1ccccc21.[Na+]. The summed E-state index contributed by atoms with van der Waals surface area (Å²) in [6.07, 6.45) is 14.1. The maximum absolute atomic E-state index is 8.44. The predicted molar refractivity (Wildman–Crippen MR) is 206 cm³/mol. The first kappa shape index (κ1) is 46.2. The van der Waals surface area contributed by atoms with Crippen LogP contribution in [-0.2, 0) is 32.0 Å². The molecule has 0 N–H and O–H groups in total. The zero-order chi connectivity index (χ0) is 37.3. The van der Waals surface area contributed by atoms with Crippen molar-refractivity contribution in [2.75, 3.05) is 18.0 Å². The van der Waals surface area contributed by atoms with Gasteiger partial charge in [-0.25, -0.2) is 0 Å². The van der Waals surface area contributed by atoms with Gasteiger partial charge in [0.15, 0.2) is 5.71 Å². The number of benzene rings is 4. The van der Waals surface area contributed by atoms with E-state index in [2.05, 4.69) is 142 Å². The number of hydrogen-bond acceptors (Lipinski definition) is 7. The maximum Gasteiger partial charge on any atom is 1.00 e. The Bertz CT molecular complexity index is 2190. The van der Waals surface area contributed by atoms with Gasteiger partial charge in [0.1, 0.15) is 6.54 Å². The Hall–Kier alpha value is -2.93. The Balaban J connectivity index is 0.000000886. The molecular formula is C41H48BrN2NaO6S2. The molecule has 0 saturated carbocycles. The topological polar surface area (TPSA) is 109 Å². The van der Waals surface area contributed by atoms with Gasteiger partial charge in [0, 0.05) is 47.5 Å². The Labute approximate surface area is 350 Å².